The first kappa shape index (κ1) is 7.50. The maximum atomic E-state index is 4.35. The summed E-state index contributed by atoms with van der Waals surface area (Å²) in [5.74, 6) is 0.932. The number of H-pyrrole nitrogens is 1. The monoisotopic (exact) mass is 183 g/mol. The van der Waals surface area contributed by atoms with E-state index in [-0.39, 0.29) is 0 Å². The van der Waals surface area contributed by atoms with E-state index in [9.17, 15) is 0 Å². The Hall–Kier alpha value is -1.90. The number of nitrogens with one attached hydrogen (secondary N) is 1. The first-order valence-corrected chi connectivity index (χ1v) is 4.60. The van der Waals surface area contributed by atoms with Gasteiger partial charge in [0.25, 0.3) is 0 Å². The summed E-state index contributed by atoms with van der Waals surface area (Å²) in [7, 11) is 0. The Bertz CT molecular complexity index is 534. The van der Waals surface area contributed by atoms with Crippen LogP contribution in [0.15, 0.2) is 29.5 Å². The van der Waals surface area contributed by atoms with Gasteiger partial charge in [0.05, 0.1) is 5.52 Å². The van der Waals surface area contributed by atoms with Crippen molar-refractivity contribution in [3.05, 3.63) is 30.1 Å². The standard InChI is InChI=1S/C11H9N3/c1-2-5-13-11-8(3-1)9-7-12-6-4-10(9)14-11/h1,3-7,14H,2H2. The van der Waals surface area contributed by atoms with Crippen LogP contribution in [0.1, 0.15) is 12.0 Å². The number of hydrogen-bond acceptors (Lipinski definition) is 2. The van der Waals surface area contributed by atoms with E-state index in [1.54, 1.807) is 6.20 Å². The number of pyridine rings is 1. The zero-order chi connectivity index (χ0) is 9.38. The van der Waals surface area contributed by atoms with Gasteiger partial charge in [-0.2, -0.15) is 0 Å². The molecule has 1 N–H and O–H groups in total. The van der Waals surface area contributed by atoms with Crippen molar-refractivity contribution in [3.8, 4) is 0 Å². The molecule has 3 heteroatoms. The van der Waals surface area contributed by atoms with E-state index in [0.29, 0.717) is 0 Å². The summed E-state index contributed by atoms with van der Waals surface area (Å²) in [5, 5.41) is 1.14. The minimum Gasteiger partial charge on any atom is -0.339 e. The molecule has 0 saturated heterocycles. The van der Waals surface area contributed by atoms with Crippen LogP contribution in [0.5, 0.6) is 0 Å². The lowest BCUT2D eigenvalue weighted by Gasteiger charge is -1.89. The van der Waals surface area contributed by atoms with Gasteiger partial charge in [-0.1, -0.05) is 12.2 Å². The van der Waals surface area contributed by atoms with Gasteiger partial charge in [0, 0.05) is 36.0 Å². The number of aromatic amines is 1. The average molecular weight is 183 g/mol. The van der Waals surface area contributed by atoms with Crippen LogP contribution in [0, 0.1) is 0 Å². The molecule has 1 aliphatic rings. The second-order valence-electron chi connectivity index (χ2n) is 3.26. The molecule has 0 saturated carbocycles. The Morgan fingerprint density at radius 2 is 2.36 bits per heavy atom. The first-order valence-electron chi connectivity index (χ1n) is 4.60. The van der Waals surface area contributed by atoms with Crippen molar-refractivity contribution >= 4 is 29.0 Å². The number of allylic oxidation sites excluding steroid dienone is 1. The highest BCUT2D eigenvalue weighted by Gasteiger charge is 2.08. The summed E-state index contributed by atoms with van der Waals surface area (Å²) in [6.07, 6.45) is 10.7. The van der Waals surface area contributed by atoms with Gasteiger partial charge >= 0.3 is 0 Å². The Morgan fingerprint density at radius 1 is 1.36 bits per heavy atom. The number of aromatic nitrogens is 2. The van der Waals surface area contributed by atoms with Gasteiger partial charge in [-0.15, -0.1) is 0 Å². The average Bonchev–Trinajstić information content (AvgIpc) is 2.42. The molecule has 14 heavy (non-hydrogen) atoms. The Morgan fingerprint density at radius 3 is 3.36 bits per heavy atom. The van der Waals surface area contributed by atoms with Crippen molar-refractivity contribution in [2.45, 2.75) is 6.42 Å². The molecule has 68 valence electrons. The first-order chi connectivity index (χ1) is 6.95. The molecule has 1 aliphatic heterocycles. The fraction of sp³-hybridized carbons (Fsp3) is 0.0909. The lowest BCUT2D eigenvalue weighted by atomic mass is 10.2. The van der Waals surface area contributed by atoms with Crippen molar-refractivity contribution in [3.63, 3.8) is 0 Å². The van der Waals surface area contributed by atoms with Crippen LogP contribution in [-0.2, 0) is 0 Å². The Labute approximate surface area is 81.2 Å². The van der Waals surface area contributed by atoms with Gasteiger partial charge < -0.3 is 4.98 Å². The van der Waals surface area contributed by atoms with Gasteiger partial charge in [0.1, 0.15) is 5.82 Å². The minimum atomic E-state index is 0.893. The molecule has 0 atom stereocenters. The summed E-state index contributed by atoms with van der Waals surface area (Å²) in [6, 6.07) is 1.97. The molecular weight excluding hydrogens is 174 g/mol. The molecule has 0 unspecified atom stereocenters. The summed E-state index contributed by atoms with van der Waals surface area (Å²) in [4.78, 5) is 11.7. The maximum absolute atomic E-state index is 4.35. The maximum Gasteiger partial charge on any atom is 0.137 e. The smallest absolute Gasteiger partial charge is 0.137 e. The second kappa shape index (κ2) is 2.80. The molecule has 2 aromatic heterocycles. The predicted octanol–water partition coefficient (Wildman–Crippen LogP) is 2.68. The summed E-state index contributed by atoms with van der Waals surface area (Å²) in [5.41, 5.74) is 2.23. The van der Waals surface area contributed by atoms with Gasteiger partial charge in [0.2, 0.25) is 0 Å². The third-order valence-corrected chi connectivity index (χ3v) is 2.37. The van der Waals surface area contributed by atoms with Crippen molar-refractivity contribution in [2.75, 3.05) is 0 Å². The van der Waals surface area contributed by atoms with E-state index < -0.39 is 0 Å². The summed E-state index contributed by atoms with van der Waals surface area (Å²) < 4.78 is 0. The second-order valence-corrected chi connectivity index (χ2v) is 3.26. The van der Waals surface area contributed by atoms with E-state index >= 15 is 0 Å². The van der Waals surface area contributed by atoms with E-state index in [1.807, 2.05) is 18.5 Å². The predicted molar refractivity (Wildman–Crippen MR) is 57.9 cm³/mol. The lowest BCUT2D eigenvalue weighted by Crippen LogP contribution is -1.71. The number of fused-ring (bicyclic) bond motifs is 3. The van der Waals surface area contributed by atoms with Gasteiger partial charge in [-0.05, 0) is 6.07 Å². The summed E-state index contributed by atoms with van der Waals surface area (Å²) in [6.45, 7) is 0. The Kier molecular flexibility index (Phi) is 1.50. The van der Waals surface area contributed by atoms with E-state index in [0.717, 1.165) is 28.7 Å². The van der Waals surface area contributed by atoms with E-state index in [1.165, 1.54) is 0 Å². The van der Waals surface area contributed by atoms with Crippen LogP contribution in [0.25, 0.3) is 17.0 Å². The van der Waals surface area contributed by atoms with Crippen LogP contribution < -0.4 is 0 Å². The van der Waals surface area contributed by atoms with Gasteiger partial charge in [-0.25, -0.2) is 4.99 Å². The van der Waals surface area contributed by atoms with Crippen molar-refractivity contribution < 1.29 is 0 Å². The highest BCUT2D eigenvalue weighted by Crippen LogP contribution is 2.29. The topological polar surface area (TPSA) is 41.0 Å². The van der Waals surface area contributed by atoms with Crippen LogP contribution in [-0.4, -0.2) is 16.2 Å². The molecule has 0 aliphatic carbocycles. The van der Waals surface area contributed by atoms with Crippen molar-refractivity contribution in [1.29, 1.82) is 0 Å². The molecule has 0 aromatic carbocycles. The summed E-state index contributed by atoms with van der Waals surface area (Å²) >= 11 is 0. The number of rotatable bonds is 0. The van der Waals surface area contributed by atoms with E-state index in [4.69, 9.17) is 0 Å². The minimum absolute atomic E-state index is 0.893. The van der Waals surface area contributed by atoms with Gasteiger partial charge in [-0.3, -0.25) is 4.98 Å². The molecule has 3 heterocycles. The van der Waals surface area contributed by atoms with Crippen LogP contribution >= 0.6 is 0 Å². The Balaban J connectivity index is 2.41. The lowest BCUT2D eigenvalue weighted by molar-refractivity contribution is 1.34. The molecular formula is C11H9N3. The molecule has 3 rings (SSSR count). The molecule has 0 radical (unpaired) electrons. The van der Waals surface area contributed by atoms with Crippen LogP contribution in [0.3, 0.4) is 0 Å². The highest BCUT2D eigenvalue weighted by molar-refractivity contribution is 5.95. The molecule has 2 aromatic rings. The number of aliphatic imine (C=N–C) groups is 1. The molecule has 0 fully saturated rings. The van der Waals surface area contributed by atoms with Crippen LogP contribution in [0.2, 0.25) is 0 Å². The van der Waals surface area contributed by atoms with Crippen LogP contribution in [0.4, 0.5) is 5.82 Å². The number of nitrogens with zero attached hydrogens (tertiary/aromatic N) is 2. The molecule has 0 amide bonds. The fourth-order valence-corrected chi connectivity index (χ4v) is 1.70. The zero-order valence-corrected chi connectivity index (χ0v) is 7.57. The molecule has 0 bridgehead atoms. The van der Waals surface area contributed by atoms with Gasteiger partial charge in [0.15, 0.2) is 0 Å². The largest absolute Gasteiger partial charge is 0.339 e. The number of hydrogen-bond donors (Lipinski definition) is 1. The highest BCUT2D eigenvalue weighted by atomic mass is 14.9. The zero-order valence-electron chi connectivity index (χ0n) is 7.57. The normalized spacial score (nSPS) is 14.3. The third-order valence-electron chi connectivity index (χ3n) is 2.37. The fourth-order valence-electron chi connectivity index (χ4n) is 1.70. The third kappa shape index (κ3) is 0.988. The quantitative estimate of drug-likeness (QED) is 0.670. The van der Waals surface area contributed by atoms with Crippen molar-refractivity contribution in [2.24, 2.45) is 4.99 Å². The SMILES string of the molecule is C1=Cc2c([nH]c3ccncc23)N=CC1. The van der Waals surface area contributed by atoms with Crippen molar-refractivity contribution in [1.82, 2.24) is 9.97 Å². The molecule has 3 nitrogen and oxygen atoms in total. The molecule has 0 spiro atoms. The van der Waals surface area contributed by atoms with E-state index in [2.05, 4.69) is 27.1 Å².